The molecule has 1 aliphatic carbocycles. The molecule has 96 valence electrons. The van der Waals surface area contributed by atoms with Crippen molar-refractivity contribution in [1.29, 1.82) is 0 Å². The first-order chi connectivity index (χ1) is 7.86. The molecule has 1 heteroatoms. The normalized spacial score (nSPS) is 25.9. The first kappa shape index (κ1) is 14.0. The number of unbranched alkanes of at least 4 members (excludes halogenated alkanes) is 5. The zero-order chi connectivity index (χ0) is 11.6. The molecular formula is C15H31N. The van der Waals surface area contributed by atoms with Gasteiger partial charge in [-0.2, -0.15) is 0 Å². The van der Waals surface area contributed by atoms with Gasteiger partial charge in [-0.05, 0) is 31.2 Å². The molecule has 0 unspecified atom stereocenters. The molecule has 1 rings (SSSR count). The van der Waals surface area contributed by atoms with Crippen molar-refractivity contribution in [1.82, 2.24) is 0 Å². The van der Waals surface area contributed by atoms with Crippen LogP contribution in [0.4, 0.5) is 0 Å². The van der Waals surface area contributed by atoms with Gasteiger partial charge in [-0.3, -0.25) is 0 Å². The van der Waals surface area contributed by atoms with E-state index in [0.29, 0.717) is 0 Å². The molecule has 0 bridgehead atoms. The van der Waals surface area contributed by atoms with Crippen LogP contribution in [-0.2, 0) is 0 Å². The Morgan fingerprint density at radius 1 is 0.812 bits per heavy atom. The van der Waals surface area contributed by atoms with E-state index >= 15 is 0 Å². The zero-order valence-electron chi connectivity index (χ0n) is 11.2. The predicted octanol–water partition coefficient (Wildman–Crippen LogP) is 4.50. The standard InChI is InChI=1S/C15H31N/c1-2-3-4-5-6-7-8-14-9-11-15(13-16)12-10-14/h14-15H,2-13,16H2,1H3. The van der Waals surface area contributed by atoms with E-state index in [0.717, 1.165) is 18.4 Å². The minimum Gasteiger partial charge on any atom is -0.330 e. The topological polar surface area (TPSA) is 26.0 Å². The van der Waals surface area contributed by atoms with Crippen LogP contribution in [0.15, 0.2) is 0 Å². The van der Waals surface area contributed by atoms with Gasteiger partial charge in [0.2, 0.25) is 0 Å². The summed E-state index contributed by atoms with van der Waals surface area (Å²) >= 11 is 0. The molecular weight excluding hydrogens is 194 g/mol. The van der Waals surface area contributed by atoms with Gasteiger partial charge in [0.1, 0.15) is 0 Å². The lowest BCUT2D eigenvalue weighted by molar-refractivity contribution is 0.262. The van der Waals surface area contributed by atoms with Gasteiger partial charge in [0.15, 0.2) is 0 Å². The Kier molecular flexibility index (Phi) is 7.92. The van der Waals surface area contributed by atoms with Gasteiger partial charge in [-0.25, -0.2) is 0 Å². The predicted molar refractivity (Wildman–Crippen MR) is 72.5 cm³/mol. The largest absolute Gasteiger partial charge is 0.330 e. The van der Waals surface area contributed by atoms with Crippen molar-refractivity contribution >= 4 is 0 Å². The Hall–Kier alpha value is -0.0400. The summed E-state index contributed by atoms with van der Waals surface area (Å²) in [5, 5.41) is 0. The second-order valence-electron chi connectivity index (χ2n) is 5.68. The molecule has 0 amide bonds. The van der Waals surface area contributed by atoms with E-state index in [1.54, 1.807) is 0 Å². The van der Waals surface area contributed by atoms with Gasteiger partial charge >= 0.3 is 0 Å². The third kappa shape index (κ3) is 5.89. The van der Waals surface area contributed by atoms with E-state index < -0.39 is 0 Å². The molecule has 1 fully saturated rings. The summed E-state index contributed by atoms with van der Waals surface area (Å²) in [6.07, 6.45) is 15.9. The Morgan fingerprint density at radius 3 is 2.00 bits per heavy atom. The van der Waals surface area contributed by atoms with Gasteiger partial charge < -0.3 is 5.73 Å². The molecule has 0 radical (unpaired) electrons. The van der Waals surface area contributed by atoms with E-state index in [1.807, 2.05) is 0 Å². The van der Waals surface area contributed by atoms with Crippen LogP contribution in [0.25, 0.3) is 0 Å². The average Bonchev–Trinajstić information content (AvgIpc) is 2.34. The lowest BCUT2D eigenvalue weighted by Gasteiger charge is -2.27. The van der Waals surface area contributed by atoms with Crippen molar-refractivity contribution in [2.24, 2.45) is 17.6 Å². The molecule has 0 aromatic heterocycles. The third-order valence-electron chi connectivity index (χ3n) is 4.27. The minimum absolute atomic E-state index is 0.848. The number of rotatable bonds is 8. The van der Waals surface area contributed by atoms with Crippen LogP contribution >= 0.6 is 0 Å². The molecule has 2 N–H and O–H groups in total. The van der Waals surface area contributed by atoms with Gasteiger partial charge in [-0.15, -0.1) is 0 Å². The highest BCUT2D eigenvalue weighted by atomic mass is 14.5. The second-order valence-corrected chi connectivity index (χ2v) is 5.68. The Bertz CT molecular complexity index is 148. The molecule has 16 heavy (non-hydrogen) atoms. The third-order valence-corrected chi connectivity index (χ3v) is 4.27. The first-order valence-corrected chi connectivity index (χ1v) is 7.56. The molecule has 0 aromatic rings. The quantitative estimate of drug-likeness (QED) is 0.605. The van der Waals surface area contributed by atoms with E-state index in [1.165, 1.54) is 70.6 Å². The summed E-state index contributed by atoms with van der Waals surface area (Å²) in [7, 11) is 0. The molecule has 0 aliphatic heterocycles. The van der Waals surface area contributed by atoms with Crippen LogP contribution in [0, 0.1) is 11.8 Å². The van der Waals surface area contributed by atoms with Crippen molar-refractivity contribution in [2.75, 3.05) is 6.54 Å². The van der Waals surface area contributed by atoms with Crippen molar-refractivity contribution in [3.8, 4) is 0 Å². The molecule has 0 aromatic carbocycles. The summed E-state index contributed by atoms with van der Waals surface area (Å²) in [5.41, 5.74) is 5.72. The molecule has 0 spiro atoms. The smallest absolute Gasteiger partial charge is 0.00489 e. The van der Waals surface area contributed by atoms with Crippen molar-refractivity contribution < 1.29 is 0 Å². The van der Waals surface area contributed by atoms with Crippen LogP contribution in [0.3, 0.4) is 0 Å². The first-order valence-electron chi connectivity index (χ1n) is 7.56. The van der Waals surface area contributed by atoms with Gasteiger partial charge in [0.05, 0.1) is 0 Å². The van der Waals surface area contributed by atoms with E-state index in [9.17, 15) is 0 Å². The van der Waals surface area contributed by atoms with E-state index in [4.69, 9.17) is 5.73 Å². The van der Waals surface area contributed by atoms with E-state index in [2.05, 4.69) is 6.92 Å². The maximum Gasteiger partial charge on any atom is -0.00489 e. The fraction of sp³-hybridized carbons (Fsp3) is 1.00. The summed E-state index contributed by atoms with van der Waals surface area (Å²) in [4.78, 5) is 0. The van der Waals surface area contributed by atoms with Gasteiger partial charge in [-0.1, -0.05) is 64.7 Å². The molecule has 0 saturated heterocycles. The zero-order valence-corrected chi connectivity index (χ0v) is 11.2. The van der Waals surface area contributed by atoms with Crippen molar-refractivity contribution in [2.45, 2.75) is 77.6 Å². The highest BCUT2D eigenvalue weighted by molar-refractivity contribution is 4.72. The molecule has 1 aliphatic rings. The number of nitrogens with two attached hydrogens (primary N) is 1. The summed E-state index contributed by atoms with van der Waals surface area (Å²) < 4.78 is 0. The van der Waals surface area contributed by atoms with Crippen LogP contribution in [0.1, 0.15) is 77.6 Å². The van der Waals surface area contributed by atoms with Crippen LogP contribution in [0.2, 0.25) is 0 Å². The van der Waals surface area contributed by atoms with Gasteiger partial charge in [0.25, 0.3) is 0 Å². The molecule has 1 saturated carbocycles. The second kappa shape index (κ2) is 9.04. The Morgan fingerprint density at radius 2 is 1.38 bits per heavy atom. The maximum absolute atomic E-state index is 5.72. The Balaban J connectivity index is 1.90. The number of hydrogen-bond donors (Lipinski definition) is 1. The minimum atomic E-state index is 0.848. The highest BCUT2D eigenvalue weighted by Crippen LogP contribution is 2.31. The highest BCUT2D eigenvalue weighted by Gasteiger charge is 2.19. The van der Waals surface area contributed by atoms with Crippen LogP contribution in [-0.4, -0.2) is 6.54 Å². The van der Waals surface area contributed by atoms with E-state index in [-0.39, 0.29) is 0 Å². The van der Waals surface area contributed by atoms with Crippen molar-refractivity contribution in [3.05, 3.63) is 0 Å². The lowest BCUT2D eigenvalue weighted by atomic mass is 9.80. The fourth-order valence-electron chi connectivity index (χ4n) is 2.97. The van der Waals surface area contributed by atoms with Crippen LogP contribution in [0.5, 0.6) is 0 Å². The SMILES string of the molecule is CCCCCCCCC1CCC(CN)CC1. The van der Waals surface area contributed by atoms with Crippen molar-refractivity contribution in [3.63, 3.8) is 0 Å². The lowest BCUT2D eigenvalue weighted by Crippen LogP contribution is -2.21. The molecule has 1 nitrogen and oxygen atoms in total. The summed E-state index contributed by atoms with van der Waals surface area (Å²) in [6.45, 7) is 3.21. The Labute approximate surface area is 102 Å². The molecule has 0 heterocycles. The summed E-state index contributed by atoms with van der Waals surface area (Å²) in [5.74, 6) is 1.88. The monoisotopic (exact) mass is 225 g/mol. The fourth-order valence-corrected chi connectivity index (χ4v) is 2.97. The summed E-state index contributed by atoms with van der Waals surface area (Å²) in [6, 6.07) is 0. The number of hydrogen-bond acceptors (Lipinski definition) is 1. The van der Waals surface area contributed by atoms with Crippen LogP contribution < -0.4 is 5.73 Å². The molecule has 0 atom stereocenters. The van der Waals surface area contributed by atoms with Gasteiger partial charge in [0, 0.05) is 0 Å². The maximum atomic E-state index is 5.72. The average molecular weight is 225 g/mol.